The van der Waals surface area contributed by atoms with Crippen LogP contribution in [0, 0.1) is 22.7 Å². The number of hydrogen-bond donors (Lipinski definition) is 0. The lowest BCUT2D eigenvalue weighted by atomic mass is 9.83. The fourth-order valence-corrected chi connectivity index (χ4v) is 8.67. The van der Waals surface area contributed by atoms with Gasteiger partial charge in [-0.2, -0.15) is 10.5 Å². The lowest BCUT2D eigenvalue weighted by Crippen LogP contribution is -2.15. The van der Waals surface area contributed by atoms with E-state index in [4.69, 9.17) is 0 Å². The largest absolute Gasteiger partial charge is 0.309 e. The highest BCUT2D eigenvalue weighted by molar-refractivity contribution is 6.29. The second-order valence-electron chi connectivity index (χ2n) is 16.0. The van der Waals surface area contributed by atoms with Crippen LogP contribution in [0.3, 0.4) is 0 Å². The van der Waals surface area contributed by atoms with E-state index in [1.807, 2.05) is 24.3 Å². The fourth-order valence-electron chi connectivity index (χ4n) is 8.67. The second-order valence-corrected chi connectivity index (χ2v) is 16.0. The molecule has 0 unspecified atom stereocenters. The normalized spacial score (nSPS) is 11.7. The van der Waals surface area contributed by atoms with Gasteiger partial charge in [0.1, 0.15) is 0 Å². The van der Waals surface area contributed by atoms with Crippen LogP contribution in [-0.2, 0) is 5.41 Å². The Morgan fingerprint density at radius 1 is 0.379 bits per heavy atom. The quantitative estimate of drug-likeness (QED) is 0.159. The van der Waals surface area contributed by atoms with Gasteiger partial charge in [0.05, 0.1) is 46.0 Å². The fraction of sp³-hybridized carbons (Fsp3) is 0.0741. The molecule has 10 aromatic carbocycles. The zero-order valence-electron chi connectivity index (χ0n) is 32.5. The minimum atomic E-state index is -0.0255. The van der Waals surface area contributed by atoms with Crippen molar-refractivity contribution >= 4 is 88.0 Å². The first-order valence-electron chi connectivity index (χ1n) is 19.6. The smallest absolute Gasteiger partial charge is 0.0991 e. The number of rotatable bonds is 6. The Balaban J connectivity index is 1.39. The maximum Gasteiger partial charge on any atom is 0.0991 e. The van der Waals surface area contributed by atoms with E-state index in [9.17, 15) is 10.5 Å². The summed E-state index contributed by atoms with van der Waals surface area (Å²) in [6, 6.07) is 66.6. The Kier molecular flexibility index (Phi) is 8.11. The first-order chi connectivity index (χ1) is 28.3. The maximum absolute atomic E-state index is 9.85. The van der Waals surface area contributed by atoms with Crippen LogP contribution >= 0.6 is 0 Å². The van der Waals surface area contributed by atoms with E-state index >= 15 is 0 Å². The molecule has 0 heterocycles. The molecule has 0 atom stereocenters. The van der Waals surface area contributed by atoms with Crippen LogP contribution < -0.4 is 9.80 Å². The van der Waals surface area contributed by atoms with Gasteiger partial charge in [-0.25, -0.2) is 0 Å². The summed E-state index contributed by atoms with van der Waals surface area (Å²) >= 11 is 0. The highest BCUT2D eigenvalue weighted by Crippen LogP contribution is 2.52. The van der Waals surface area contributed by atoms with Crippen molar-refractivity contribution in [3.63, 3.8) is 0 Å². The summed E-state index contributed by atoms with van der Waals surface area (Å²) in [5, 5.41) is 31.3. The molecule has 0 aliphatic heterocycles. The molecule has 0 aliphatic rings. The van der Waals surface area contributed by atoms with E-state index in [1.165, 1.54) is 27.1 Å². The van der Waals surface area contributed by atoms with Crippen molar-refractivity contribution in [2.45, 2.75) is 26.2 Å². The van der Waals surface area contributed by atoms with Gasteiger partial charge in [0, 0.05) is 38.3 Å². The topological polar surface area (TPSA) is 54.1 Å². The lowest BCUT2D eigenvalue weighted by molar-refractivity contribution is 0.591. The first kappa shape index (κ1) is 34.8. The van der Waals surface area contributed by atoms with Gasteiger partial charge < -0.3 is 9.80 Å². The summed E-state index contributed by atoms with van der Waals surface area (Å²) in [5.41, 5.74) is 8.47. The number of benzene rings is 10. The molecule has 0 aromatic heterocycles. The van der Waals surface area contributed by atoms with Gasteiger partial charge in [-0.05, 0) is 105 Å². The maximum atomic E-state index is 9.85. The molecule has 58 heavy (non-hydrogen) atoms. The Hall–Kier alpha value is -7.66. The molecule has 0 aliphatic carbocycles. The molecule has 0 radical (unpaired) electrons. The molecule has 10 aromatic rings. The molecule has 0 saturated carbocycles. The van der Waals surface area contributed by atoms with Crippen LogP contribution in [0.4, 0.5) is 34.1 Å². The van der Waals surface area contributed by atoms with Crippen molar-refractivity contribution in [3.8, 4) is 12.1 Å². The van der Waals surface area contributed by atoms with E-state index in [-0.39, 0.29) is 5.41 Å². The Morgan fingerprint density at radius 2 is 0.810 bits per heavy atom. The number of nitriles is 2. The van der Waals surface area contributed by atoms with Gasteiger partial charge in [-0.3, -0.25) is 0 Å². The van der Waals surface area contributed by atoms with Gasteiger partial charge in [0.15, 0.2) is 0 Å². The van der Waals surface area contributed by atoms with Crippen LogP contribution in [0.15, 0.2) is 176 Å². The first-order valence-corrected chi connectivity index (χ1v) is 19.6. The van der Waals surface area contributed by atoms with Crippen LogP contribution in [0.25, 0.3) is 53.9 Å². The molecule has 0 bridgehead atoms. The van der Waals surface area contributed by atoms with E-state index < -0.39 is 0 Å². The summed E-state index contributed by atoms with van der Waals surface area (Å²) in [7, 11) is 0. The van der Waals surface area contributed by atoms with Crippen molar-refractivity contribution < 1.29 is 0 Å². The predicted octanol–water partition coefficient (Wildman–Crippen LogP) is 14.9. The van der Waals surface area contributed by atoms with Crippen LogP contribution in [0.5, 0.6) is 0 Å². The molecular weight excluding hydrogens is 705 g/mol. The molecule has 10 rings (SSSR count). The third kappa shape index (κ3) is 5.66. The molecule has 274 valence electrons. The number of hydrogen-bond acceptors (Lipinski definition) is 4. The average molecular weight is 743 g/mol. The summed E-state index contributed by atoms with van der Waals surface area (Å²) in [5.74, 6) is 0. The van der Waals surface area contributed by atoms with Gasteiger partial charge in [-0.1, -0.05) is 130 Å². The number of fused-ring (bicyclic) bond motifs is 2. The zero-order chi connectivity index (χ0) is 39.5. The Labute approximate surface area is 338 Å². The number of anilines is 6. The van der Waals surface area contributed by atoms with Gasteiger partial charge in [0.25, 0.3) is 0 Å². The summed E-state index contributed by atoms with van der Waals surface area (Å²) in [6.45, 7) is 6.82. The number of nitrogens with zero attached hydrogens (tertiary/aromatic N) is 4. The molecule has 4 nitrogen and oxygen atoms in total. The summed E-state index contributed by atoms with van der Waals surface area (Å²) < 4.78 is 0. The van der Waals surface area contributed by atoms with Gasteiger partial charge in [-0.15, -0.1) is 0 Å². The van der Waals surface area contributed by atoms with E-state index in [2.05, 4.69) is 194 Å². The van der Waals surface area contributed by atoms with Crippen molar-refractivity contribution in [2.75, 3.05) is 9.80 Å². The lowest BCUT2D eigenvalue weighted by Gasteiger charge is -2.33. The highest BCUT2D eigenvalue weighted by atomic mass is 15.2. The zero-order valence-corrected chi connectivity index (χ0v) is 32.5. The summed E-state index contributed by atoms with van der Waals surface area (Å²) in [4.78, 5) is 4.72. The molecule has 0 amide bonds. The second kappa shape index (κ2) is 13.5. The van der Waals surface area contributed by atoms with Crippen molar-refractivity contribution in [3.05, 3.63) is 193 Å². The highest BCUT2D eigenvalue weighted by Gasteiger charge is 2.27. The van der Waals surface area contributed by atoms with E-state index in [0.29, 0.717) is 11.1 Å². The van der Waals surface area contributed by atoms with Gasteiger partial charge >= 0.3 is 0 Å². The van der Waals surface area contributed by atoms with Crippen molar-refractivity contribution in [2.24, 2.45) is 0 Å². The Bertz CT molecular complexity index is 3070. The third-order valence-corrected chi connectivity index (χ3v) is 11.5. The Morgan fingerprint density at radius 3 is 1.24 bits per heavy atom. The predicted molar refractivity (Wildman–Crippen MR) is 243 cm³/mol. The summed E-state index contributed by atoms with van der Waals surface area (Å²) in [6.07, 6.45) is 0. The van der Waals surface area contributed by atoms with Crippen LogP contribution in [0.1, 0.15) is 37.5 Å². The minimum Gasteiger partial charge on any atom is -0.309 e. The standard InChI is InChI=1S/C54H38N4/c1-54(2,3)41-30-39-22-28-46-50(57(42-24-18-35(33-55)19-25-42)48-16-8-12-37-10-4-6-14-44(37)48)32-51(47-29-23-40(31-41)52(39)53(46)47)58(43-26-20-36(34-56)21-27-43)49-17-9-13-38-11-5-7-15-45(38)49/h4-32H,1-3H3. The van der Waals surface area contributed by atoms with Crippen LogP contribution in [0.2, 0.25) is 0 Å². The molecule has 0 fully saturated rings. The monoisotopic (exact) mass is 742 g/mol. The van der Waals surface area contributed by atoms with Crippen LogP contribution in [-0.4, -0.2) is 0 Å². The molecule has 0 N–H and O–H groups in total. The molecular formula is C54H38N4. The molecule has 0 spiro atoms. The van der Waals surface area contributed by atoms with Gasteiger partial charge in [0.2, 0.25) is 0 Å². The van der Waals surface area contributed by atoms with Crippen molar-refractivity contribution in [1.29, 1.82) is 10.5 Å². The van der Waals surface area contributed by atoms with E-state index in [0.717, 1.165) is 66.4 Å². The van der Waals surface area contributed by atoms with E-state index in [1.54, 1.807) is 0 Å². The molecule has 4 heteroatoms. The average Bonchev–Trinajstić information content (AvgIpc) is 3.26. The third-order valence-electron chi connectivity index (χ3n) is 11.5. The minimum absolute atomic E-state index is 0.0255. The van der Waals surface area contributed by atoms with Crippen molar-refractivity contribution in [1.82, 2.24) is 0 Å². The SMILES string of the molecule is CC(C)(C)c1cc2ccc3c(N(c4ccc(C#N)cc4)c4cccc5ccccc45)cc(N(c4ccc(C#N)cc4)c4cccc5ccccc45)c4ccc(c1)c2c34. The molecule has 0 saturated heterocycles.